The summed E-state index contributed by atoms with van der Waals surface area (Å²) < 4.78 is 5.27. The van der Waals surface area contributed by atoms with E-state index in [-0.39, 0.29) is 24.2 Å². The Morgan fingerprint density at radius 2 is 1.83 bits per heavy atom. The molecule has 6 nitrogen and oxygen atoms in total. The standard InChI is InChI=1S/C17H31N3O3.ClH/c1-23-13-17(8-11-18-12-9-17)16(22)19-10-7-15(21)20-14-5-3-2-4-6-14;/h14,18H,2-13H2,1H3,(H,19,22)(H,20,21);1H. The summed E-state index contributed by atoms with van der Waals surface area (Å²) in [6, 6.07) is 0.330. The molecule has 0 aromatic carbocycles. The summed E-state index contributed by atoms with van der Waals surface area (Å²) in [5.41, 5.74) is -0.445. The largest absolute Gasteiger partial charge is 0.384 e. The van der Waals surface area contributed by atoms with E-state index in [0.29, 0.717) is 25.6 Å². The summed E-state index contributed by atoms with van der Waals surface area (Å²) in [5.74, 6) is 0.0645. The van der Waals surface area contributed by atoms with E-state index in [1.165, 1.54) is 19.3 Å². The fourth-order valence-electron chi connectivity index (χ4n) is 3.64. The molecule has 2 rings (SSSR count). The van der Waals surface area contributed by atoms with Gasteiger partial charge in [0, 0.05) is 26.1 Å². The number of hydrogen-bond donors (Lipinski definition) is 3. The number of amides is 2. The van der Waals surface area contributed by atoms with Crippen LogP contribution in [0.2, 0.25) is 0 Å². The normalized spacial score (nSPS) is 20.7. The zero-order chi connectivity index (χ0) is 16.5. The van der Waals surface area contributed by atoms with E-state index in [0.717, 1.165) is 38.8 Å². The first-order valence-electron chi connectivity index (χ1n) is 8.94. The quantitative estimate of drug-likeness (QED) is 0.640. The van der Waals surface area contributed by atoms with Crippen molar-refractivity contribution in [2.45, 2.75) is 57.4 Å². The number of methoxy groups -OCH3 is 1. The number of carbonyl (C=O) groups is 2. The highest BCUT2D eigenvalue weighted by Crippen LogP contribution is 2.29. The Bertz CT molecular complexity index is 389. The topological polar surface area (TPSA) is 79.5 Å². The van der Waals surface area contributed by atoms with Crippen LogP contribution in [0.25, 0.3) is 0 Å². The SMILES string of the molecule is COCC1(C(=O)NCCC(=O)NC2CCCCC2)CCNCC1.Cl. The van der Waals surface area contributed by atoms with Crippen LogP contribution in [-0.4, -0.2) is 51.2 Å². The third-order valence-electron chi connectivity index (χ3n) is 5.07. The second kappa shape index (κ2) is 10.9. The minimum atomic E-state index is -0.445. The van der Waals surface area contributed by atoms with Crippen molar-refractivity contribution in [3.63, 3.8) is 0 Å². The molecule has 2 aliphatic rings. The minimum absolute atomic E-state index is 0. The van der Waals surface area contributed by atoms with Crippen LogP contribution < -0.4 is 16.0 Å². The Balaban J connectivity index is 0.00000288. The minimum Gasteiger partial charge on any atom is -0.384 e. The van der Waals surface area contributed by atoms with Crippen LogP contribution in [0.4, 0.5) is 0 Å². The fourth-order valence-corrected chi connectivity index (χ4v) is 3.64. The highest BCUT2D eigenvalue weighted by Gasteiger charge is 2.39. The van der Waals surface area contributed by atoms with Crippen LogP contribution in [0, 0.1) is 5.41 Å². The van der Waals surface area contributed by atoms with Gasteiger partial charge in [-0.3, -0.25) is 9.59 Å². The van der Waals surface area contributed by atoms with Crippen molar-refractivity contribution in [3.05, 3.63) is 0 Å². The van der Waals surface area contributed by atoms with E-state index in [2.05, 4.69) is 16.0 Å². The van der Waals surface area contributed by atoms with Gasteiger partial charge in [-0.05, 0) is 38.8 Å². The van der Waals surface area contributed by atoms with Crippen LogP contribution in [0.5, 0.6) is 0 Å². The van der Waals surface area contributed by atoms with Gasteiger partial charge in [0.15, 0.2) is 0 Å². The Kier molecular flexibility index (Phi) is 9.63. The first kappa shape index (κ1) is 21.2. The summed E-state index contributed by atoms with van der Waals surface area (Å²) in [4.78, 5) is 24.5. The number of carbonyl (C=O) groups excluding carboxylic acids is 2. The van der Waals surface area contributed by atoms with E-state index in [1.807, 2.05) is 0 Å². The predicted octanol–water partition coefficient (Wildman–Crippen LogP) is 1.38. The molecule has 3 N–H and O–H groups in total. The summed E-state index contributed by atoms with van der Waals surface area (Å²) in [6.45, 7) is 2.50. The van der Waals surface area contributed by atoms with Crippen molar-refractivity contribution in [2.24, 2.45) is 5.41 Å². The van der Waals surface area contributed by atoms with Crippen LogP contribution in [-0.2, 0) is 14.3 Å². The number of ether oxygens (including phenoxy) is 1. The number of rotatable bonds is 7. The van der Waals surface area contributed by atoms with Gasteiger partial charge in [0.25, 0.3) is 0 Å². The number of hydrogen-bond acceptors (Lipinski definition) is 4. The average Bonchev–Trinajstić information content (AvgIpc) is 2.57. The van der Waals surface area contributed by atoms with Gasteiger partial charge in [-0.15, -0.1) is 12.4 Å². The third kappa shape index (κ3) is 6.22. The van der Waals surface area contributed by atoms with Gasteiger partial charge in [-0.2, -0.15) is 0 Å². The predicted molar refractivity (Wildman–Crippen MR) is 96.3 cm³/mol. The second-order valence-corrected chi connectivity index (χ2v) is 6.87. The van der Waals surface area contributed by atoms with Crippen LogP contribution >= 0.6 is 12.4 Å². The molecular formula is C17H32ClN3O3. The Hall–Kier alpha value is -0.850. The molecule has 2 fully saturated rings. The van der Waals surface area contributed by atoms with Crippen LogP contribution in [0.3, 0.4) is 0 Å². The molecule has 7 heteroatoms. The van der Waals surface area contributed by atoms with Crippen molar-refractivity contribution in [1.82, 2.24) is 16.0 Å². The van der Waals surface area contributed by atoms with Gasteiger partial charge in [0.05, 0.1) is 12.0 Å². The van der Waals surface area contributed by atoms with Crippen molar-refractivity contribution >= 4 is 24.2 Å². The first-order chi connectivity index (χ1) is 11.2. The van der Waals surface area contributed by atoms with E-state index in [4.69, 9.17) is 4.74 Å². The highest BCUT2D eigenvalue weighted by atomic mass is 35.5. The highest BCUT2D eigenvalue weighted by molar-refractivity contribution is 5.85. The fraction of sp³-hybridized carbons (Fsp3) is 0.882. The zero-order valence-electron chi connectivity index (χ0n) is 14.7. The number of piperidine rings is 1. The summed E-state index contributed by atoms with van der Waals surface area (Å²) in [5, 5.41) is 9.29. The molecule has 0 aromatic heterocycles. The lowest BCUT2D eigenvalue weighted by atomic mass is 9.78. The molecule has 1 aliphatic heterocycles. The van der Waals surface area contributed by atoms with Crippen LogP contribution in [0.1, 0.15) is 51.4 Å². The van der Waals surface area contributed by atoms with Crippen molar-refractivity contribution in [3.8, 4) is 0 Å². The molecule has 140 valence electrons. The van der Waals surface area contributed by atoms with Gasteiger partial charge < -0.3 is 20.7 Å². The maximum Gasteiger partial charge on any atom is 0.228 e. The number of halogens is 1. The van der Waals surface area contributed by atoms with E-state index >= 15 is 0 Å². The molecule has 0 aromatic rings. The summed E-state index contributed by atoms with van der Waals surface area (Å²) in [7, 11) is 1.63. The third-order valence-corrected chi connectivity index (χ3v) is 5.07. The molecule has 1 heterocycles. The first-order valence-corrected chi connectivity index (χ1v) is 8.94. The molecule has 1 saturated carbocycles. The zero-order valence-corrected chi connectivity index (χ0v) is 15.5. The Morgan fingerprint density at radius 3 is 2.46 bits per heavy atom. The molecule has 24 heavy (non-hydrogen) atoms. The lowest BCUT2D eigenvalue weighted by molar-refractivity contribution is -0.136. The van der Waals surface area contributed by atoms with Crippen molar-refractivity contribution in [1.29, 1.82) is 0 Å². The van der Waals surface area contributed by atoms with Crippen LogP contribution in [0.15, 0.2) is 0 Å². The molecule has 0 atom stereocenters. The Labute approximate surface area is 151 Å². The van der Waals surface area contributed by atoms with E-state index < -0.39 is 5.41 Å². The van der Waals surface area contributed by atoms with Gasteiger partial charge in [0.2, 0.25) is 11.8 Å². The smallest absolute Gasteiger partial charge is 0.228 e. The monoisotopic (exact) mass is 361 g/mol. The summed E-state index contributed by atoms with van der Waals surface area (Å²) >= 11 is 0. The molecular weight excluding hydrogens is 330 g/mol. The molecule has 1 saturated heterocycles. The maximum atomic E-state index is 12.5. The molecule has 0 radical (unpaired) electrons. The molecule has 0 unspecified atom stereocenters. The average molecular weight is 362 g/mol. The molecule has 1 aliphatic carbocycles. The molecule has 0 spiro atoms. The van der Waals surface area contributed by atoms with E-state index in [1.54, 1.807) is 7.11 Å². The lowest BCUT2D eigenvalue weighted by Gasteiger charge is -2.35. The number of nitrogens with one attached hydrogen (secondary N) is 3. The molecule has 2 amide bonds. The van der Waals surface area contributed by atoms with Gasteiger partial charge in [0.1, 0.15) is 0 Å². The van der Waals surface area contributed by atoms with Crippen molar-refractivity contribution < 1.29 is 14.3 Å². The second-order valence-electron chi connectivity index (χ2n) is 6.87. The van der Waals surface area contributed by atoms with Crippen molar-refractivity contribution in [2.75, 3.05) is 33.4 Å². The summed E-state index contributed by atoms with van der Waals surface area (Å²) in [6.07, 6.45) is 7.76. The maximum absolute atomic E-state index is 12.5. The van der Waals surface area contributed by atoms with Gasteiger partial charge in [-0.1, -0.05) is 19.3 Å². The molecule has 0 bridgehead atoms. The van der Waals surface area contributed by atoms with Gasteiger partial charge >= 0.3 is 0 Å². The van der Waals surface area contributed by atoms with Gasteiger partial charge in [-0.25, -0.2) is 0 Å². The van der Waals surface area contributed by atoms with E-state index in [9.17, 15) is 9.59 Å². The Morgan fingerprint density at radius 1 is 1.17 bits per heavy atom. The lowest BCUT2D eigenvalue weighted by Crippen LogP contribution is -2.50.